The number of fused-ring (bicyclic) bond motifs is 7. The summed E-state index contributed by atoms with van der Waals surface area (Å²) in [7, 11) is 0. The minimum atomic E-state index is 0.501. The van der Waals surface area contributed by atoms with E-state index in [4.69, 9.17) is 0 Å². The number of hydrogen-bond acceptors (Lipinski definition) is 0. The van der Waals surface area contributed by atoms with E-state index in [1.165, 1.54) is 82.6 Å². The van der Waals surface area contributed by atoms with E-state index in [1.54, 1.807) is 0 Å². The summed E-state index contributed by atoms with van der Waals surface area (Å²) >= 11 is 0. The van der Waals surface area contributed by atoms with Crippen molar-refractivity contribution in [2.75, 3.05) is 0 Å². The topological polar surface area (TPSA) is 0 Å². The van der Waals surface area contributed by atoms with Gasteiger partial charge in [-0.05, 0) is 122 Å². The molecule has 0 aromatic heterocycles. The third-order valence-corrected chi connectivity index (χ3v) is 13.0. The van der Waals surface area contributed by atoms with E-state index in [1.807, 2.05) is 0 Å². The molecule has 5 aliphatic carbocycles. The molecule has 0 saturated heterocycles. The van der Waals surface area contributed by atoms with Gasteiger partial charge in [0.1, 0.15) is 0 Å². The highest BCUT2D eigenvalue weighted by atomic mass is 14.7. The van der Waals surface area contributed by atoms with Gasteiger partial charge in [-0.15, -0.1) is 0 Å². The Morgan fingerprint density at radius 1 is 0.655 bits per heavy atom. The van der Waals surface area contributed by atoms with Crippen LogP contribution >= 0.6 is 0 Å². The second-order valence-corrected chi connectivity index (χ2v) is 13.9. The van der Waals surface area contributed by atoms with Crippen LogP contribution in [0.3, 0.4) is 0 Å². The summed E-state index contributed by atoms with van der Waals surface area (Å²) in [6, 6.07) is 0. The molecule has 0 N–H and O–H groups in total. The maximum atomic E-state index is 4.55. The fourth-order valence-corrected chi connectivity index (χ4v) is 11.4. The monoisotopic (exact) mass is 396 g/mol. The lowest BCUT2D eigenvalue weighted by Gasteiger charge is -2.72. The van der Waals surface area contributed by atoms with E-state index in [-0.39, 0.29) is 0 Å². The molecular weight excluding hydrogens is 348 g/mol. The van der Waals surface area contributed by atoms with Gasteiger partial charge in [0, 0.05) is 0 Å². The van der Waals surface area contributed by atoms with Crippen LogP contribution in [0.1, 0.15) is 119 Å². The molecule has 5 rings (SSSR count). The first-order chi connectivity index (χ1) is 13.5. The van der Waals surface area contributed by atoms with E-state index >= 15 is 0 Å². The molecule has 4 unspecified atom stereocenters. The van der Waals surface area contributed by atoms with Gasteiger partial charge in [-0.3, -0.25) is 0 Å². The molecule has 0 heterocycles. The maximum absolute atomic E-state index is 4.55. The summed E-state index contributed by atoms with van der Waals surface area (Å²) < 4.78 is 0. The molecule has 0 bridgehead atoms. The molecule has 0 amide bonds. The highest BCUT2D eigenvalue weighted by Gasteiger charge is 2.69. The van der Waals surface area contributed by atoms with Crippen LogP contribution in [0, 0.1) is 50.7 Å². The molecule has 29 heavy (non-hydrogen) atoms. The quantitative estimate of drug-likeness (QED) is 0.388. The molecule has 0 nitrogen and oxygen atoms in total. The molecule has 5 aliphatic rings. The first-order valence-electron chi connectivity index (χ1n) is 13.2. The van der Waals surface area contributed by atoms with Gasteiger partial charge in [0.05, 0.1) is 0 Å². The van der Waals surface area contributed by atoms with Crippen molar-refractivity contribution in [2.24, 2.45) is 50.7 Å². The lowest BCUT2D eigenvalue weighted by molar-refractivity contribution is -0.231. The second kappa shape index (κ2) is 6.16. The minimum Gasteiger partial charge on any atom is -0.0996 e. The zero-order chi connectivity index (χ0) is 20.9. The van der Waals surface area contributed by atoms with E-state index < -0.39 is 0 Å². The highest BCUT2D eigenvalue weighted by molar-refractivity contribution is 5.22. The van der Waals surface area contributed by atoms with Crippen LogP contribution < -0.4 is 0 Å². The average molecular weight is 397 g/mol. The Hall–Kier alpha value is -0.260. The Kier molecular flexibility index (Phi) is 4.38. The van der Waals surface area contributed by atoms with Crippen molar-refractivity contribution in [3.8, 4) is 0 Å². The summed E-state index contributed by atoms with van der Waals surface area (Å²) in [6.45, 7) is 20.4. The van der Waals surface area contributed by atoms with Gasteiger partial charge in [0.15, 0.2) is 0 Å². The zero-order valence-corrected chi connectivity index (χ0v) is 20.5. The molecule has 0 spiro atoms. The van der Waals surface area contributed by atoms with Crippen LogP contribution in [0.5, 0.6) is 0 Å². The summed E-state index contributed by atoms with van der Waals surface area (Å²) in [5, 5.41) is 0. The second-order valence-electron chi connectivity index (χ2n) is 13.9. The van der Waals surface area contributed by atoms with Crippen molar-refractivity contribution >= 4 is 0 Å². The van der Waals surface area contributed by atoms with Crippen LogP contribution in [0.2, 0.25) is 0 Å². The summed E-state index contributed by atoms with van der Waals surface area (Å²) in [6.07, 6.45) is 17.7. The normalized spacial score (nSPS) is 55.9. The molecule has 164 valence electrons. The minimum absolute atomic E-state index is 0.501. The van der Waals surface area contributed by atoms with Gasteiger partial charge in [-0.25, -0.2) is 0 Å². The van der Waals surface area contributed by atoms with Gasteiger partial charge in [0.25, 0.3) is 0 Å². The lowest BCUT2D eigenvalue weighted by Crippen LogP contribution is -2.65. The summed E-state index contributed by atoms with van der Waals surface area (Å²) in [4.78, 5) is 0. The van der Waals surface area contributed by atoms with Crippen LogP contribution in [0.4, 0.5) is 0 Å². The third-order valence-electron chi connectivity index (χ3n) is 13.0. The zero-order valence-electron chi connectivity index (χ0n) is 20.5. The van der Waals surface area contributed by atoms with Crippen LogP contribution in [-0.2, 0) is 0 Å². The first kappa shape index (κ1) is 20.6. The standard InChI is InChI=1S/C29H48/c1-20(2)29-16-8-10-22(29)21-11-12-24-26(5)15-9-14-25(3,4)23(26)13-17-28(24,7)27(21,6)18-19-29/h21-24H,1,8-19H2,2-7H3/t21-,22?,23?,24?,26+,27-,28-,29?/m1/s1. The van der Waals surface area contributed by atoms with Crippen LogP contribution in [0.15, 0.2) is 12.2 Å². The number of rotatable bonds is 1. The lowest BCUT2D eigenvalue weighted by atomic mass is 9.32. The van der Waals surface area contributed by atoms with Gasteiger partial charge in [-0.2, -0.15) is 0 Å². The fraction of sp³-hybridized carbons (Fsp3) is 0.931. The Labute approximate surface area is 181 Å². The van der Waals surface area contributed by atoms with Crippen molar-refractivity contribution in [1.29, 1.82) is 0 Å². The van der Waals surface area contributed by atoms with E-state index in [9.17, 15) is 0 Å². The summed E-state index contributed by atoms with van der Waals surface area (Å²) in [5.74, 6) is 3.79. The predicted octanol–water partition coefficient (Wildman–Crippen LogP) is 8.81. The maximum Gasteiger partial charge on any atom is -0.00622 e. The van der Waals surface area contributed by atoms with Gasteiger partial charge >= 0.3 is 0 Å². The number of allylic oxidation sites excluding steroid dienone is 1. The molecule has 5 fully saturated rings. The summed E-state index contributed by atoms with van der Waals surface area (Å²) in [5.41, 5.74) is 4.28. The van der Waals surface area contributed by atoms with Gasteiger partial charge < -0.3 is 0 Å². The van der Waals surface area contributed by atoms with Crippen LogP contribution in [0.25, 0.3) is 0 Å². The Morgan fingerprint density at radius 3 is 2.14 bits per heavy atom. The first-order valence-corrected chi connectivity index (χ1v) is 13.2. The van der Waals surface area contributed by atoms with Crippen molar-refractivity contribution in [3.05, 3.63) is 12.2 Å². The fourth-order valence-electron chi connectivity index (χ4n) is 11.4. The number of hydrogen-bond donors (Lipinski definition) is 0. The van der Waals surface area contributed by atoms with E-state index in [2.05, 4.69) is 48.1 Å². The smallest absolute Gasteiger partial charge is 0.00622 e. The van der Waals surface area contributed by atoms with Crippen molar-refractivity contribution < 1.29 is 0 Å². The SMILES string of the molecule is C=C(C)C12CCCC1[C@H]1CCC3[C@@]4(C)CCCC(C)(C)C4CC[C@@]3(C)[C@]1(C)CC2. The van der Waals surface area contributed by atoms with Gasteiger partial charge in [0.2, 0.25) is 0 Å². The average Bonchev–Trinajstić information content (AvgIpc) is 3.07. The van der Waals surface area contributed by atoms with E-state index in [0.717, 1.165) is 23.7 Å². The van der Waals surface area contributed by atoms with Crippen molar-refractivity contribution in [2.45, 2.75) is 119 Å². The molecule has 0 aromatic carbocycles. The molecule has 0 radical (unpaired) electrons. The Bertz CT molecular complexity index is 701. The Balaban J connectivity index is 1.54. The molecule has 0 aromatic rings. The van der Waals surface area contributed by atoms with E-state index in [0.29, 0.717) is 27.1 Å². The molecular formula is C29H48. The molecule has 5 saturated carbocycles. The highest BCUT2D eigenvalue weighted by Crippen LogP contribution is 2.77. The van der Waals surface area contributed by atoms with Crippen molar-refractivity contribution in [3.63, 3.8) is 0 Å². The largest absolute Gasteiger partial charge is 0.0996 e. The molecule has 0 aliphatic heterocycles. The van der Waals surface area contributed by atoms with Crippen LogP contribution in [-0.4, -0.2) is 0 Å². The molecule has 8 atom stereocenters. The van der Waals surface area contributed by atoms with Gasteiger partial charge in [-0.1, -0.05) is 59.6 Å². The Morgan fingerprint density at radius 2 is 1.41 bits per heavy atom. The predicted molar refractivity (Wildman–Crippen MR) is 125 cm³/mol. The molecule has 0 heteroatoms. The third kappa shape index (κ3) is 2.39. The van der Waals surface area contributed by atoms with Crippen molar-refractivity contribution in [1.82, 2.24) is 0 Å².